The molecule has 0 bridgehead atoms. The van der Waals surface area contributed by atoms with Crippen LogP contribution in [0.4, 0.5) is 8.78 Å². The molecular formula is C10H12F2O. The van der Waals surface area contributed by atoms with Crippen molar-refractivity contribution in [1.29, 1.82) is 0 Å². The van der Waals surface area contributed by atoms with Crippen LogP contribution < -0.4 is 0 Å². The summed E-state index contributed by atoms with van der Waals surface area (Å²) in [5, 5.41) is 8.37. The van der Waals surface area contributed by atoms with Gasteiger partial charge in [-0.3, -0.25) is 0 Å². The zero-order valence-corrected chi connectivity index (χ0v) is 7.43. The molecular weight excluding hydrogens is 174 g/mol. The van der Waals surface area contributed by atoms with Gasteiger partial charge in [0, 0.05) is 6.42 Å². The molecule has 0 aromatic heterocycles. The number of hydrogen-bond donors (Lipinski definition) is 1. The number of aliphatic hydroxyl groups is 1. The minimum absolute atomic E-state index is 0.398. The van der Waals surface area contributed by atoms with Gasteiger partial charge in [-0.2, -0.15) is 0 Å². The summed E-state index contributed by atoms with van der Waals surface area (Å²) in [4.78, 5) is 0. The number of hydrogen-bond acceptors (Lipinski definition) is 1. The third-order valence-corrected chi connectivity index (χ3v) is 1.78. The Kier molecular flexibility index (Phi) is 2.98. The van der Waals surface area contributed by atoms with E-state index in [-0.39, 0.29) is 0 Å². The van der Waals surface area contributed by atoms with Crippen molar-refractivity contribution in [1.82, 2.24) is 0 Å². The van der Waals surface area contributed by atoms with E-state index in [4.69, 9.17) is 5.11 Å². The van der Waals surface area contributed by atoms with E-state index < -0.39 is 19.0 Å². The first kappa shape index (κ1) is 10.1. The van der Waals surface area contributed by atoms with Crippen molar-refractivity contribution in [2.24, 2.45) is 0 Å². The molecule has 1 rings (SSSR count). The minimum Gasteiger partial charge on any atom is -0.390 e. The number of alkyl halides is 2. The highest BCUT2D eigenvalue weighted by atomic mass is 19.3. The zero-order chi connectivity index (χ0) is 9.90. The van der Waals surface area contributed by atoms with E-state index in [0.29, 0.717) is 5.56 Å². The van der Waals surface area contributed by atoms with Gasteiger partial charge in [-0.1, -0.05) is 29.8 Å². The molecule has 0 heterocycles. The molecule has 0 amide bonds. The lowest BCUT2D eigenvalue weighted by molar-refractivity contribution is -0.0488. The second-order valence-corrected chi connectivity index (χ2v) is 3.18. The largest absolute Gasteiger partial charge is 0.390 e. The number of halogens is 2. The summed E-state index contributed by atoms with van der Waals surface area (Å²) in [5.74, 6) is -3.01. The maximum Gasteiger partial charge on any atom is 0.274 e. The van der Waals surface area contributed by atoms with E-state index in [0.717, 1.165) is 5.56 Å². The molecule has 0 saturated heterocycles. The lowest BCUT2D eigenvalue weighted by Gasteiger charge is -2.12. The predicted molar refractivity (Wildman–Crippen MR) is 46.9 cm³/mol. The van der Waals surface area contributed by atoms with Crippen LogP contribution in [0.15, 0.2) is 24.3 Å². The topological polar surface area (TPSA) is 20.2 Å². The Labute approximate surface area is 76.0 Å². The van der Waals surface area contributed by atoms with Gasteiger partial charge in [0.25, 0.3) is 5.92 Å². The smallest absolute Gasteiger partial charge is 0.274 e. The maximum atomic E-state index is 12.7. The quantitative estimate of drug-likeness (QED) is 0.767. The van der Waals surface area contributed by atoms with Crippen LogP contribution in [-0.2, 0) is 6.42 Å². The van der Waals surface area contributed by atoms with Gasteiger partial charge in [0.05, 0.1) is 0 Å². The third-order valence-electron chi connectivity index (χ3n) is 1.78. The average molecular weight is 186 g/mol. The molecule has 0 aliphatic carbocycles. The number of rotatable bonds is 3. The standard InChI is InChI=1S/C10H12F2O/c1-8-3-2-4-9(5-8)6-10(11,12)7-13/h2-5,13H,6-7H2,1H3. The second-order valence-electron chi connectivity index (χ2n) is 3.18. The normalized spacial score (nSPS) is 11.7. The van der Waals surface area contributed by atoms with Gasteiger partial charge in [-0.15, -0.1) is 0 Å². The van der Waals surface area contributed by atoms with E-state index in [9.17, 15) is 8.78 Å². The molecule has 1 N–H and O–H groups in total. The first-order valence-corrected chi connectivity index (χ1v) is 4.08. The van der Waals surface area contributed by atoms with Crippen molar-refractivity contribution in [3.8, 4) is 0 Å². The lowest BCUT2D eigenvalue weighted by Crippen LogP contribution is -2.24. The molecule has 0 spiro atoms. The van der Waals surface area contributed by atoms with Crippen molar-refractivity contribution in [3.05, 3.63) is 35.4 Å². The summed E-state index contributed by atoms with van der Waals surface area (Å²) in [5.41, 5.74) is 1.50. The fraction of sp³-hybridized carbons (Fsp3) is 0.400. The predicted octanol–water partition coefficient (Wildman–Crippen LogP) is 2.17. The highest BCUT2D eigenvalue weighted by molar-refractivity contribution is 5.23. The molecule has 1 nitrogen and oxygen atoms in total. The molecule has 0 saturated carbocycles. The van der Waals surface area contributed by atoms with Gasteiger partial charge < -0.3 is 5.11 Å². The Bertz CT molecular complexity index is 284. The summed E-state index contributed by atoms with van der Waals surface area (Å²) in [6.07, 6.45) is -0.398. The molecule has 72 valence electrons. The highest BCUT2D eigenvalue weighted by Crippen LogP contribution is 2.19. The van der Waals surface area contributed by atoms with Crippen LogP contribution in [0.25, 0.3) is 0 Å². The van der Waals surface area contributed by atoms with Crippen LogP contribution in [0, 0.1) is 6.92 Å². The lowest BCUT2D eigenvalue weighted by atomic mass is 10.1. The Balaban J connectivity index is 2.74. The van der Waals surface area contributed by atoms with Crippen LogP contribution in [0.2, 0.25) is 0 Å². The van der Waals surface area contributed by atoms with Crippen molar-refractivity contribution in [2.75, 3.05) is 6.61 Å². The van der Waals surface area contributed by atoms with Crippen molar-refractivity contribution >= 4 is 0 Å². The Hall–Kier alpha value is -0.960. The SMILES string of the molecule is Cc1cccc(CC(F)(F)CO)c1. The fourth-order valence-electron chi connectivity index (χ4n) is 1.18. The molecule has 13 heavy (non-hydrogen) atoms. The maximum absolute atomic E-state index is 12.7. The molecule has 0 aliphatic rings. The Morgan fingerprint density at radius 3 is 2.62 bits per heavy atom. The zero-order valence-electron chi connectivity index (χ0n) is 7.43. The molecule has 3 heteroatoms. The van der Waals surface area contributed by atoms with Crippen LogP contribution in [0.1, 0.15) is 11.1 Å². The molecule has 1 aromatic rings. The van der Waals surface area contributed by atoms with Crippen molar-refractivity contribution < 1.29 is 13.9 Å². The summed E-state index contributed by atoms with van der Waals surface area (Å²) < 4.78 is 25.4. The van der Waals surface area contributed by atoms with Crippen LogP contribution in [-0.4, -0.2) is 17.6 Å². The van der Waals surface area contributed by atoms with Crippen LogP contribution in [0.3, 0.4) is 0 Å². The van der Waals surface area contributed by atoms with E-state index in [1.165, 1.54) is 0 Å². The molecule has 0 aliphatic heterocycles. The molecule has 0 atom stereocenters. The molecule has 0 fully saturated rings. The third kappa shape index (κ3) is 3.11. The summed E-state index contributed by atoms with van der Waals surface area (Å²) >= 11 is 0. The van der Waals surface area contributed by atoms with E-state index >= 15 is 0 Å². The first-order chi connectivity index (χ1) is 6.03. The van der Waals surface area contributed by atoms with Gasteiger partial charge in [0.1, 0.15) is 6.61 Å². The van der Waals surface area contributed by atoms with Crippen LogP contribution in [0.5, 0.6) is 0 Å². The number of aryl methyl sites for hydroxylation is 1. The Morgan fingerprint density at radius 2 is 2.08 bits per heavy atom. The van der Waals surface area contributed by atoms with Gasteiger partial charge in [-0.25, -0.2) is 8.78 Å². The van der Waals surface area contributed by atoms with E-state index in [1.807, 2.05) is 13.0 Å². The fourth-order valence-corrected chi connectivity index (χ4v) is 1.18. The Morgan fingerprint density at radius 1 is 1.38 bits per heavy atom. The van der Waals surface area contributed by atoms with Crippen molar-refractivity contribution in [2.45, 2.75) is 19.3 Å². The summed E-state index contributed by atoms with van der Waals surface area (Å²) in [6, 6.07) is 6.92. The van der Waals surface area contributed by atoms with E-state index in [1.54, 1.807) is 18.2 Å². The van der Waals surface area contributed by atoms with Gasteiger partial charge in [0.2, 0.25) is 0 Å². The number of benzene rings is 1. The first-order valence-electron chi connectivity index (χ1n) is 4.08. The van der Waals surface area contributed by atoms with Crippen molar-refractivity contribution in [3.63, 3.8) is 0 Å². The van der Waals surface area contributed by atoms with E-state index in [2.05, 4.69) is 0 Å². The monoisotopic (exact) mass is 186 g/mol. The minimum atomic E-state index is -3.01. The molecule has 1 aromatic carbocycles. The molecule has 0 radical (unpaired) electrons. The highest BCUT2D eigenvalue weighted by Gasteiger charge is 2.27. The second kappa shape index (κ2) is 3.83. The van der Waals surface area contributed by atoms with Crippen LogP contribution >= 0.6 is 0 Å². The van der Waals surface area contributed by atoms with Gasteiger partial charge in [0.15, 0.2) is 0 Å². The average Bonchev–Trinajstić information content (AvgIpc) is 2.03. The summed E-state index contributed by atoms with van der Waals surface area (Å²) in [6.45, 7) is 0.752. The van der Waals surface area contributed by atoms with Gasteiger partial charge in [-0.05, 0) is 12.5 Å². The number of aliphatic hydroxyl groups excluding tert-OH is 1. The molecule has 0 unspecified atom stereocenters. The summed E-state index contributed by atoms with van der Waals surface area (Å²) in [7, 11) is 0. The van der Waals surface area contributed by atoms with Gasteiger partial charge >= 0.3 is 0 Å².